The van der Waals surface area contributed by atoms with Gasteiger partial charge >= 0.3 is 0 Å². The summed E-state index contributed by atoms with van der Waals surface area (Å²) in [6.07, 6.45) is 1.60. The van der Waals surface area contributed by atoms with E-state index in [1.807, 2.05) is 36.6 Å². The van der Waals surface area contributed by atoms with Crippen molar-refractivity contribution >= 4 is 27.2 Å². The van der Waals surface area contributed by atoms with Crippen LogP contribution in [0.5, 0.6) is 0 Å². The fraction of sp³-hybridized carbons (Fsp3) is 0.143. The maximum Gasteiger partial charge on any atom is 0.262 e. The summed E-state index contributed by atoms with van der Waals surface area (Å²) < 4.78 is 1.62. The van der Waals surface area contributed by atoms with Crippen molar-refractivity contribution in [3.05, 3.63) is 57.5 Å². The molecule has 0 saturated carbocycles. The standard InChI is InChI=1S/C14H13N3OS/c1-9-10(3-2-4-12(9)15)7-17-8-16-13-11(14(17)18)5-6-19-13/h2-6,8H,7,15H2,1H3. The van der Waals surface area contributed by atoms with E-state index in [0.29, 0.717) is 11.9 Å². The molecule has 0 unspecified atom stereocenters. The van der Waals surface area contributed by atoms with Crippen molar-refractivity contribution in [2.24, 2.45) is 0 Å². The number of fused-ring (bicyclic) bond motifs is 1. The van der Waals surface area contributed by atoms with Crippen LogP contribution in [-0.2, 0) is 6.54 Å². The topological polar surface area (TPSA) is 60.9 Å². The summed E-state index contributed by atoms with van der Waals surface area (Å²) in [6, 6.07) is 7.56. The fourth-order valence-corrected chi connectivity index (χ4v) is 2.79. The Morgan fingerprint density at radius 3 is 3.05 bits per heavy atom. The number of nitrogen functional groups attached to an aromatic ring is 1. The molecule has 5 heteroatoms. The lowest BCUT2D eigenvalue weighted by atomic mass is 10.1. The van der Waals surface area contributed by atoms with Gasteiger partial charge in [0.2, 0.25) is 0 Å². The molecular weight excluding hydrogens is 258 g/mol. The van der Waals surface area contributed by atoms with Gasteiger partial charge in [-0.15, -0.1) is 11.3 Å². The van der Waals surface area contributed by atoms with Gasteiger partial charge in [0, 0.05) is 5.69 Å². The van der Waals surface area contributed by atoms with Gasteiger partial charge in [-0.1, -0.05) is 12.1 Å². The van der Waals surface area contributed by atoms with E-state index in [-0.39, 0.29) is 5.56 Å². The fourth-order valence-electron chi connectivity index (χ4n) is 2.06. The van der Waals surface area contributed by atoms with Crippen molar-refractivity contribution in [2.75, 3.05) is 5.73 Å². The monoisotopic (exact) mass is 271 g/mol. The number of benzene rings is 1. The second-order valence-corrected chi connectivity index (χ2v) is 5.34. The highest BCUT2D eigenvalue weighted by atomic mass is 32.1. The zero-order chi connectivity index (χ0) is 13.4. The first-order chi connectivity index (χ1) is 9.16. The van der Waals surface area contributed by atoms with Crippen LogP contribution >= 0.6 is 11.3 Å². The number of anilines is 1. The molecule has 0 aliphatic heterocycles. The van der Waals surface area contributed by atoms with Crippen LogP contribution < -0.4 is 11.3 Å². The van der Waals surface area contributed by atoms with Gasteiger partial charge in [-0.3, -0.25) is 9.36 Å². The number of aromatic nitrogens is 2. The highest BCUT2D eigenvalue weighted by molar-refractivity contribution is 7.16. The number of nitrogens with two attached hydrogens (primary N) is 1. The van der Waals surface area contributed by atoms with E-state index in [4.69, 9.17) is 5.73 Å². The number of hydrogen-bond donors (Lipinski definition) is 1. The normalized spacial score (nSPS) is 11.0. The van der Waals surface area contributed by atoms with Gasteiger partial charge in [-0.05, 0) is 35.6 Å². The Balaban J connectivity index is 2.08. The Kier molecular flexibility index (Phi) is 2.83. The van der Waals surface area contributed by atoms with E-state index in [9.17, 15) is 4.79 Å². The van der Waals surface area contributed by atoms with Crippen LogP contribution in [0.1, 0.15) is 11.1 Å². The van der Waals surface area contributed by atoms with Crippen molar-refractivity contribution in [1.29, 1.82) is 0 Å². The van der Waals surface area contributed by atoms with Crippen molar-refractivity contribution < 1.29 is 0 Å². The molecule has 0 aliphatic rings. The maximum absolute atomic E-state index is 12.3. The first-order valence-electron chi connectivity index (χ1n) is 5.93. The van der Waals surface area contributed by atoms with Gasteiger partial charge in [0.1, 0.15) is 4.83 Å². The number of hydrogen-bond acceptors (Lipinski definition) is 4. The lowest BCUT2D eigenvalue weighted by Crippen LogP contribution is -2.21. The lowest BCUT2D eigenvalue weighted by Gasteiger charge is -2.10. The molecule has 96 valence electrons. The van der Waals surface area contributed by atoms with E-state index < -0.39 is 0 Å². The Hall–Kier alpha value is -2.14. The lowest BCUT2D eigenvalue weighted by molar-refractivity contribution is 0.746. The van der Waals surface area contributed by atoms with Crippen molar-refractivity contribution in [3.63, 3.8) is 0 Å². The van der Waals surface area contributed by atoms with Crippen LogP contribution in [0.25, 0.3) is 10.2 Å². The minimum atomic E-state index is -0.00641. The van der Waals surface area contributed by atoms with Gasteiger partial charge in [-0.25, -0.2) is 4.98 Å². The molecule has 0 radical (unpaired) electrons. The molecule has 2 aromatic heterocycles. The van der Waals surface area contributed by atoms with Crippen LogP contribution in [-0.4, -0.2) is 9.55 Å². The molecule has 2 heterocycles. The van der Waals surface area contributed by atoms with E-state index in [0.717, 1.165) is 21.6 Å². The molecule has 19 heavy (non-hydrogen) atoms. The van der Waals surface area contributed by atoms with Gasteiger partial charge in [0.05, 0.1) is 18.3 Å². The highest BCUT2D eigenvalue weighted by Gasteiger charge is 2.07. The highest BCUT2D eigenvalue weighted by Crippen LogP contribution is 2.17. The predicted molar refractivity (Wildman–Crippen MR) is 78.6 cm³/mol. The molecule has 0 aliphatic carbocycles. The van der Waals surface area contributed by atoms with Gasteiger partial charge in [0.15, 0.2) is 0 Å². The summed E-state index contributed by atoms with van der Waals surface area (Å²) >= 11 is 1.48. The molecule has 0 spiro atoms. The third kappa shape index (κ3) is 2.02. The molecule has 2 N–H and O–H groups in total. The summed E-state index contributed by atoms with van der Waals surface area (Å²) in [5.74, 6) is 0. The van der Waals surface area contributed by atoms with Gasteiger partial charge < -0.3 is 5.73 Å². The minimum absolute atomic E-state index is 0.00641. The van der Waals surface area contributed by atoms with Gasteiger partial charge in [0.25, 0.3) is 5.56 Å². The number of rotatable bonds is 2. The second kappa shape index (κ2) is 4.51. The third-order valence-corrected chi connectivity index (χ3v) is 4.10. The summed E-state index contributed by atoms with van der Waals surface area (Å²) in [4.78, 5) is 17.4. The first kappa shape index (κ1) is 11.9. The van der Waals surface area contributed by atoms with Crippen LogP contribution in [0.3, 0.4) is 0 Å². The average Bonchev–Trinajstić information content (AvgIpc) is 2.87. The molecule has 3 aromatic rings. The Labute approximate surface area is 114 Å². The molecular formula is C14H13N3OS. The molecule has 0 atom stereocenters. The van der Waals surface area contributed by atoms with E-state index in [2.05, 4.69) is 4.98 Å². The van der Waals surface area contributed by atoms with Crippen LogP contribution in [0, 0.1) is 6.92 Å². The average molecular weight is 271 g/mol. The van der Waals surface area contributed by atoms with E-state index in [1.165, 1.54) is 11.3 Å². The minimum Gasteiger partial charge on any atom is -0.399 e. The Bertz CT molecular complexity index is 804. The van der Waals surface area contributed by atoms with E-state index >= 15 is 0 Å². The van der Waals surface area contributed by atoms with Gasteiger partial charge in [-0.2, -0.15) is 0 Å². The smallest absolute Gasteiger partial charge is 0.262 e. The first-order valence-corrected chi connectivity index (χ1v) is 6.81. The van der Waals surface area contributed by atoms with E-state index in [1.54, 1.807) is 10.9 Å². The third-order valence-electron chi connectivity index (χ3n) is 3.28. The van der Waals surface area contributed by atoms with Crippen molar-refractivity contribution in [2.45, 2.75) is 13.5 Å². The molecule has 0 saturated heterocycles. The van der Waals surface area contributed by atoms with Crippen molar-refractivity contribution in [1.82, 2.24) is 9.55 Å². The molecule has 0 bridgehead atoms. The largest absolute Gasteiger partial charge is 0.399 e. The summed E-state index contributed by atoms with van der Waals surface area (Å²) in [6.45, 7) is 2.46. The Morgan fingerprint density at radius 1 is 1.37 bits per heavy atom. The molecule has 4 nitrogen and oxygen atoms in total. The van der Waals surface area contributed by atoms with Crippen LogP contribution in [0.15, 0.2) is 40.8 Å². The maximum atomic E-state index is 12.3. The summed E-state index contributed by atoms with van der Waals surface area (Å²) in [5.41, 5.74) is 8.68. The van der Waals surface area contributed by atoms with Crippen molar-refractivity contribution in [3.8, 4) is 0 Å². The summed E-state index contributed by atoms with van der Waals surface area (Å²) in [5, 5.41) is 2.56. The molecule has 3 rings (SSSR count). The quantitative estimate of drug-likeness (QED) is 0.728. The molecule has 0 fully saturated rings. The Morgan fingerprint density at radius 2 is 2.21 bits per heavy atom. The SMILES string of the molecule is Cc1c(N)cccc1Cn1cnc2sccc2c1=O. The second-order valence-electron chi connectivity index (χ2n) is 4.45. The van der Waals surface area contributed by atoms with Crippen LogP contribution in [0.2, 0.25) is 0 Å². The number of thiophene rings is 1. The van der Waals surface area contributed by atoms with Crippen LogP contribution in [0.4, 0.5) is 5.69 Å². The molecule has 1 aromatic carbocycles. The summed E-state index contributed by atoms with van der Waals surface area (Å²) in [7, 11) is 0. The predicted octanol–water partition coefficient (Wildman–Crippen LogP) is 2.40. The molecule has 0 amide bonds. The number of nitrogens with zero attached hydrogens (tertiary/aromatic N) is 2. The zero-order valence-electron chi connectivity index (χ0n) is 10.5. The zero-order valence-corrected chi connectivity index (χ0v) is 11.3.